The van der Waals surface area contributed by atoms with Crippen molar-refractivity contribution in [2.24, 2.45) is 0 Å². The third-order valence-corrected chi connectivity index (χ3v) is 2.76. The van der Waals surface area contributed by atoms with Crippen LogP contribution in [-0.2, 0) is 6.54 Å². The number of rotatable bonds is 0. The van der Waals surface area contributed by atoms with E-state index in [4.69, 9.17) is 11.6 Å². The zero-order chi connectivity index (χ0) is 8.55. The Morgan fingerprint density at radius 1 is 1.50 bits per heavy atom. The molecule has 0 saturated heterocycles. The van der Waals surface area contributed by atoms with Gasteiger partial charge in [0.15, 0.2) is 0 Å². The van der Waals surface area contributed by atoms with Gasteiger partial charge < -0.3 is 5.32 Å². The fourth-order valence-corrected chi connectivity index (χ4v) is 2.01. The molecule has 2 heteroatoms. The van der Waals surface area contributed by atoms with Crippen LogP contribution in [0.2, 0.25) is 5.02 Å². The van der Waals surface area contributed by atoms with Crippen molar-refractivity contribution in [3.05, 3.63) is 34.3 Å². The largest absolute Gasteiger partial charge is 0.342 e. The van der Waals surface area contributed by atoms with Crippen LogP contribution < -0.4 is 5.32 Å². The van der Waals surface area contributed by atoms with Crippen molar-refractivity contribution in [3.63, 3.8) is 0 Å². The van der Waals surface area contributed by atoms with E-state index in [1.807, 2.05) is 6.07 Å². The van der Waals surface area contributed by atoms with Gasteiger partial charge in [-0.25, -0.2) is 0 Å². The van der Waals surface area contributed by atoms with E-state index < -0.39 is 0 Å². The van der Waals surface area contributed by atoms with Crippen LogP contribution in [0.15, 0.2) is 18.2 Å². The Kier molecular flexibility index (Phi) is 2.07. The van der Waals surface area contributed by atoms with Crippen molar-refractivity contribution in [1.29, 1.82) is 0 Å². The second-order valence-electron chi connectivity index (χ2n) is 3.47. The van der Waals surface area contributed by atoms with Crippen molar-refractivity contribution < 1.29 is 5.32 Å². The van der Waals surface area contributed by atoms with Crippen molar-refractivity contribution in [3.8, 4) is 0 Å². The van der Waals surface area contributed by atoms with Gasteiger partial charge in [-0.15, -0.1) is 0 Å². The summed E-state index contributed by atoms with van der Waals surface area (Å²) in [7, 11) is 0. The Morgan fingerprint density at radius 2 is 2.33 bits per heavy atom. The SMILES string of the molecule is CC1C[NH2+]Cc2ccc(Cl)cc21. The number of nitrogens with two attached hydrogens (primary N) is 1. The predicted molar refractivity (Wildman–Crippen MR) is 50.4 cm³/mol. The molecule has 0 aliphatic carbocycles. The molecule has 1 aliphatic rings. The minimum Gasteiger partial charge on any atom is -0.342 e. The summed E-state index contributed by atoms with van der Waals surface area (Å²) < 4.78 is 0. The number of hydrogen-bond acceptors (Lipinski definition) is 0. The molecule has 0 radical (unpaired) electrons. The van der Waals surface area contributed by atoms with Crippen LogP contribution in [0.4, 0.5) is 0 Å². The molecule has 1 aliphatic heterocycles. The molecule has 0 fully saturated rings. The highest BCUT2D eigenvalue weighted by atomic mass is 35.5. The highest BCUT2D eigenvalue weighted by molar-refractivity contribution is 6.30. The van der Waals surface area contributed by atoms with Gasteiger partial charge >= 0.3 is 0 Å². The Labute approximate surface area is 77.7 Å². The summed E-state index contributed by atoms with van der Waals surface area (Å²) >= 11 is 5.93. The first-order valence-corrected chi connectivity index (χ1v) is 4.75. The molecule has 0 bridgehead atoms. The lowest BCUT2D eigenvalue weighted by Crippen LogP contribution is -2.85. The minimum absolute atomic E-state index is 0.646. The number of fused-ring (bicyclic) bond motifs is 1. The second-order valence-corrected chi connectivity index (χ2v) is 3.91. The molecule has 1 aromatic carbocycles. The highest BCUT2D eigenvalue weighted by Crippen LogP contribution is 2.24. The number of hydrogen-bond donors (Lipinski definition) is 1. The summed E-state index contributed by atoms with van der Waals surface area (Å²) in [5.41, 5.74) is 2.88. The minimum atomic E-state index is 0.646. The lowest BCUT2D eigenvalue weighted by atomic mass is 9.92. The number of benzene rings is 1. The molecule has 64 valence electrons. The van der Waals surface area contributed by atoms with Crippen LogP contribution in [0, 0.1) is 0 Å². The number of quaternary nitrogens is 1. The van der Waals surface area contributed by atoms with Crippen LogP contribution in [0.3, 0.4) is 0 Å². The van der Waals surface area contributed by atoms with Crippen LogP contribution in [0.5, 0.6) is 0 Å². The van der Waals surface area contributed by atoms with E-state index in [0.29, 0.717) is 5.92 Å². The van der Waals surface area contributed by atoms with E-state index in [-0.39, 0.29) is 0 Å². The van der Waals surface area contributed by atoms with Crippen LogP contribution in [0.1, 0.15) is 24.0 Å². The van der Waals surface area contributed by atoms with Gasteiger partial charge in [-0.3, -0.25) is 0 Å². The van der Waals surface area contributed by atoms with E-state index in [1.54, 1.807) is 0 Å². The smallest absolute Gasteiger partial charge is 0.102 e. The quantitative estimate of drug-likeness (QED) is 0.627. The van der Waals surface area contributed by atoms with E-state index in [9.17, 15) is 0 Å². The molecule has 12 heavy (non-hydrogen) atoms. The van der Waals surface area contributed by atoms with Crippen molar-refractivity contribution in [2.45, 2.75) is 19.4 Å². The zero-order valence-corrected chi connectivity index (χ0v) is 7.93. The summed E-state index contributed by atoms with van der Waals surface area (Å²) in [5, 5.41) is 3.21. The predicted octanol–water partition coefficient (Wildman–Crippen LogP) is 1.52. The lowest BCUT2D eigenvalue weighted by Gasteiger charge is -2.20. The highest BCUT2D eigenvalue weighted by Gasteiger charge is 2.18. The zero-order valence-electron chi connectivity index (χ0n) is 7.18. The molecule has 1 aromatic rings. The van der Waals surface area contributed by atoms with E-state index >= 15 is 0 Å². The molecule has 1 heterocycles. The van der Waals surface area contributed by atoms with Crippen LogP contribution in [0.25, 0.3) is 0 Å². The molecule has 2 rings (SSSR count). The molecule has 1 unspecified atom stereocenters. The second kappa shape index (κ2) is 3.08. The van der Waals surface area contributed by atoms with Crippen LogP contribution in [-0.4, -0.2) is 6.54 Å². The van der Waals surface area contributed by atoms with Gasteiger partial charge in [0.25, 0.3) is 0 Å². The fourth-order valence-electron chi connectivity index (χ4n) is 1.83. The van der Waals surface area contributed by atoms with Crippen LogP contribution >= 0.6 is 11.6 Å². The van der Waals surface area contributed by atoms with Crippen molar-refractivity contribution in [1.82, 2.24) is 0 Å². The fraction of sp³-hybridized carbons (Fsp3) is 0.400. The molecule has 1 nitrogen and oxygen atoms in total. The van der Waals surface area contributed by atoms with E-state index in [1.165, 1.54) is 17.7 Å². The Morgan fingerprint density at radius 3 is 3.17 bits per heavy atom. The van der Waals surface area contributed by atoms with Crippen molar-refractivity contribution in [2.75, 3.05) is 6.54 Å². The monoisotopic (exact) mass is 182 g/mol. The maximum Gasteiger partial charge on any atom is 0.102 e. The number of halogens is 1. The third kappa shape index (κ3) is 1.35. The maximum absolute atomic E-state index is 5.93. The van der Waals surface area contributed by atoms with Crippen molar-refractivity contribution >= 4 is 11.6 Å². The molecule has 0 amide bonds. The Bertz CT molecular complexity index is 296. The molecule has 0 saturated carbocycles. The van der Waals surface area contributed by atoms with Gasteiger partial charge in [0.2, 0.25) is 0 Å². The maximum atomic E-state index is 5.93. The summed E-state index contributed by atoms with van der Waals surface area (Å²) in [5.74, 6) is 0.646. The van der Waals surface area contributed by atoms with Gasteiger partial charge in [-0.05, 0) is 17.7 Å². The molecule has 0 spiro atoms. The van der Waals surface area contributed by atoms with E-state index in [0.717, 1.165) is 11.6 Å². The summed E-state index contributed by atoms with van der Waals surface area (Å²) in [6, 6.07) is 6.23. The summed E-state index contributed by atoms with van der Waals surface area (Å²) in [6.45, 7) is 4.55. The van der Waals surface area contributed by atoms with Gasteiger partial charge in [-0.1, -0.05) is 24.6 Å². The summed E-state index contributed by atoms with van der Waals surface area (Å²) in [6.07, 6.45) is 0. The first kappa shape index (κ1) is 8.09. The van der Waals surface area contributed by atoms with Gasteiger partial charge in [0, 0.05) is 16.5 Å². The average Bonchev–Trinajstić information content (AvgIpc) is 2.07. The van der Waals surface area contributed by atoms with E-state index in [2.05, 4.69) is 24.4 Å². The Hall–Kier alpha value is -0.530. The first-order chi connectivity index (χ1) is 5.77. The van der Waals surface area contributed by atoms with Gasteiger partial charge in [-0.2, -0.15) is 0 Å². The standard InChI is InChI=1S/C10H12ClN/c1-7-5-12-6-8-2-3-9(11)4-10(7)8/h2-4,7,12H,5-6H2,1H3/p+1. The molecule has 2 N–H and O–H groups in total. The molecule has 1 atom stereocenters. The topological polar surface area (TPSA) is 16.6 Å². The van der Waals surface area contributed by atoms with Gasteiger partial charge in [0.05, 0.1) is 6.54 Å². The third-order valence-electron chi connectivity index (χ3n) is 2.52. The lowest BCUT2D eigenvalue weighted by molar-refractivity contribution is -0.676. The molecule has 0 aromatic heterocycles. The normalized spacial score (nSPS) is 22.0. The molecular formula is C10H13ClN+. The summed E-state index contributed by atoms with van der Waals surface area (Å²) in [4.78, 5) is 0. The van der Waals surface area contributed by atoms with Gasteiger partial charge in [0.1, 0.15) is 6.54 Å². The average molecular weight is 183 g/mol. The Balaban J connectivity index is 2.47. The first-order valence-electron chi connectivity index (χ1n) is 4.37. The molecular weight excluding hydrogens is 170 g/mol.